The second-order valence-corrected chi connectivity index (χ2v) is 6.70. The number of carbonyl (C=O) groups is 1. The Morgan fingerprint density at radius 3 is 2.85 bits per heavy atom. The van der Waals surface area contributed by atoms with Gasteiger partial charge in [0.15, 0.2) is 0 Å². The van der Waals surface area contributed by atoms with Gasteiger partial charge in [0.2, 0.25) is 0 Å². The van der Waals surface area contributed by atoms with Crippen LogP contribution in [0.25, 0.3) is 0 Å². The van der Waals surface area contributed by atoms with E-state index in [1.807, 2.05) is 25.1 Å². The lowest BCUT2D eigenvalue weighted by Gasteiger charge is -2.33. The standard InChI is InChI=1S/C20H26N4O3/c1-2-10-24-19(25)9-8-18(22-24)20(26)21-13-17-15-23(11-12-27-17)14-16-6-4-3-5-7-16/h3-9,17H,2,10-15H2,1H3,(H,21,26). The van der Waals surface area contributed by atoms with E-state index >= 15 is 0 Å². The number of aryl methyl sites for hydroxylation is 1. The molecule has 7 nitrogen and oxygen atoms in total. The molecule has 1 atom stereocenters. The van der Waals surface area contributed by atoms with Crippen molar-refractivity contribution in [1.29, 1.82) is 0 Å². The van der Waals surface area contributed by atoms with Crippen molar-refractivity contribution in [1.82, 2.24) is 20.0 Å². The third kappa shape index (κ3) is 5.48. The first kappa shape index (κ1) is 19.3. The molecule has 0 spiro atoms. The molecule has 1 unspecified atom stereocenters. The predicted molar refractivity (Wildman–Crippen MR) is 103 cm³/mol. The largest absolute Gasteiger partial charge is 0.374 e. The molecule has 27 heavy (non-hydrogen) atoms. The lowest BCUT2D eigenvalue weighted by molar-refractivity contribution is -0.0292. The molecule has 0 saturated carbocycles. The first-order chi connectivity index (χ1) is 13.2. The summed E-state index contributed by atoms with van der Waals surface area (Å²) in [7, 11) is 0. The van der Waals surface area contributed by atoms with Crippen LogP contribution in [0.15, 0.2) is 47.3 Å². The summed E-state index contributed by atoms with van der Waals surface area (Å²) in [6.07, 6.45) is 0.721. The Morgan fingerprint density at radius 1 is 1.26 bits per heavy atom. The van der Waals surface area contributed by atoms with Gasteiger partial charge in [0.05, 0.1) is 12.7 Å². The third-order valence-electron chi connectivity index (χ3n) is 4.50. The van der Waals surface area contributed by atoms with Crippen molar-refractivity contribution < 1.29 is 9.53 Å². The Bertz CT molecular complexity index is 806. The van der Waals surface area contributed by atoms with E-state index in [4.69, 9.17) is 4.74 Å². The Labute approximate surface area is 158 Å². The summed E-state index contributed by atoms with van der Waals surface area (Å²) in [4.78, 5) is 26.4. The molecule has 1 N–H and O–H groups in total. The fraction of sp³-hybridized carbons (Fsp3) is 0.450. The summed E-state index contributed by atoms with van der Waals surface area (Å²) in [6, 6.07) is 13.2. The van der Waals surface area contributed by atoms with Crippen LogP contribution in [-0.2, 0) is 17.8 Å². The van der Waals surface area contributed by atoms with E-state index in [-0.39, 0.29) is 23.3 Å². The third-order valence-corrected chi connectivity index (χ3v) is 4.50. The number of aromatic nitrogens is 2. The molecule has 3 rings (SSSR count). The number of ether oxygens (including phenoxy) is 1. The van der Waals surface area contributed by atoms with Crippen LogP contribution >= 0.6 is 0 Å². The highest BCUT2D eigenvalue weighted by molar-refractivity contribution is 5.91. The van der Waals surface area contributed by atoms with Crippen LogP contribution in [-0.4, -0.2) is 52.9 Å². The number of rotatable bonds is 7. The second-order valence-electron chi connectivity index (χ2n) is 6.70. The van der Waals surface area contributed by atoms with E-state index in [1.54, 1.807) is 0 Å². The maximum atomic E-state index is 12.4. The van der Waals surface area contributed by atoms with Gasteiger partial charge in [0.1, 0.15) is 5.69 Å². The van der Waals surface area contributed by atoms with Crippen LogP contribution in [0, 0.1) is 0 Å². The van der Waals surface area contributed by atoms with Crippen LogP contribution in [0.5, 0.6) is 0 Å². The highest BCUT2D eigenvalue weighted by atomic mass is 16.5. The average Bonchev–Trinajstić information content (AvgIpc) is 2.69. The molecule has 1 aliphatic rings. The molecule has 1 aromatic carbocycles. The van der Waals surface area contributed by atoms with Crippen LogP contribution in [0.4, 0.5) is 0 Å². The number of hydrogen-bond acceptors (Lipinski definition) is 5. The van der Waals surface area contributed by atoms with Crippen molar-refractivity contribution >= 4 is 5.91 Å². The summed E-state index contributed by atoms with van der Waals surface area (Å²) >= 11 is 0. The van der Waals surface area contributed by atoms with Crippen molar-refractivity contribution in [3.05, 3.63) is 64.1 Å². The van der Waals surface area contributed by atoms with E-state index in [2.05, 4.69) is 27.4 Å². The number of hydrogen-bond donors (Lipinski definition) is 1. The number of benzene rings is 1. The fourth-order valence-corrected chi connectivity index (χ4v) is 3.13. The number of carbonyl (C=O) groups excluding carboxylic acids is 1. The minimum Gasteiger partial charge on any atom is -0.374 e. The SMILES string of the molecule is CCCn1nc(C(=O)NCC2CN(Cc3ccccc3)CCO2)ccc1=O. The van der Waals surface area contributed by atoms with Gasteiger partial charge in [0.25, 0.3) is 11.5 Å². The van der Waals surface area contributed by atoms with Crippen molar-refractivity contribution in [3.8, 4) is 0 Å². The summed E-state index contributed by atoms with van der Waals surface area (Å²) in [5, 5.41) is 7.01. The van der Waals surface area contributed by atoms with Gasteiger partial charge < -0.3 is 10.1 Å². The van der Waals surface area contributed by atoms with Gasteiger partial charge in [-0.1, -0.05) is 37.3 Å². The highest BCUT2D eigenvalue weighted by Gasteiger charge is 2.21. The summed E-state index contributed by atoms with van der Waals surface area (Å²) in [6.45, 7) is 6.04. The highest BCUT2D eigenvalue weighted by Crippen LogP contribution is 2.10. The van der Waals surface area contributed by atoms with Gasteiger partial charge in [0, 0.05) is 38.8 Å². The van der Waals surface area contributed by atoms with E-state index < -0.39 is 0 Å². The van der Waals surface area contributed by atoms with Gasteiger partial charge in [-0.15, -0.1) is 0 Å². The van der Waals surface area contributed by atoms with Gasteiger partial charge in [-0.3, -0.25) is 14.5 Å². The lowest BCUT2D eigenvalue weighted by atomic mass is 10.2. The average molecular weight is 370 g/mol. The number of amides is 1. The first-order valence-electron chi connectivity index (χ1n) is 9.40. The van der Waals surface area contributed by atoms with E-state index in [1.165, 1.54) is 22.4 Å². The Kier molecular flexibility index (Phi) is 6.73. The van der Waals surface area contributed by atoms with E-state index in [9.17, 15) is 9.59 Å². The van der Waals surface area contributed by atoms with Crippen LogP contribution in [0.1, 0.15) is 29.4 Å². The molecule has 1 aliphatic heterocycles. The molecule has 2 heterocycles. The molecular formula is C20H26N4O3. The maximum absolute atomic E-state index is 12.4. The molecular weight excluding hydrogens is 344 g/mol. The Hall–Kier alpha value is -2.51. The minimum absolute atomic E-state index is 0.0621. The molecule has 0 radical (unpaired) electrons. The molecule has 1 aromatic heterocycles. The van der Waals surface area contributed by atoms with Crippen LogP contribution in [0.2, 0.25) is 0 Å². The number of nitrogens with one attached hydrogen (secondary N) is 1. The van der Waals surface area contributed by atoms with Crippen molar-refractivity contribution in [3.63, 3.8) is 0 Å². The van der Waals surface area contributed by atoms with E-state index in [0.717, 1.165) is 26.1 Å². The van der Waals surface area contributed by atoms with Crippen molar-refractivity contribution in [2.24, 2.45) is 0 Å². The summed E-state index contributed by atoms with van der Waals surface area (Å²) in [5.74, 6) is -0.288. The monoisotopic (exact) mass is 370 g/mol. The van der Waals surface area contributed by atoms with Gasteiger partial charge in [-0.05, 0) is 18.1 Å². The molecule has 0 bridgehead atoms. The molecule has 2 aromatic rings. The topological polar surface area (TPSA) is 76.5 Å². The fourth-order valence-electron chi connectivity index (χ4n) is 3.13. The Balaban J connectivity index is 1.52. The van der Waals surface area contributed by atoms with E-state index in [0.29, 0.717) is 19.7 Å². The summed E-state index contributed by atoms with van der Waals surface area (Å²) in [5.41, 5.74) is 1.32. The van der Waals surface area contributed by atoms with Gasteiger partial charge in [-0.25, -0.2) is 4.68 Å². The predicted octanol–water partition coefficient (Wildman–Crippen LogP) is 1.28. The molecule has 1 fully saturated rings. The molecule has 144 valence electrons. The summed E-state index contributed by atoms with van der Waals surface area (Å²) < 4.78 is 7.11. The zero-order valence-corrected chi connectivity index (χ0v) is 15.6. The van der Waals surface area contributed by atoms with Crippen LogP contribution in [0.3, 0.4) is 0 Å². The van der Waals surface area contributed by atoms with Gasteiger partial charge in [-0.2, -0.15) is 5.10 Å². The second kappa shape index (κ2) is 9.43. The van der Waals surface area contributed by atoms with Gasteiger partial charge >= 0.3 is 0 Å². The zero-order valence-electron chi connectivity index (χ0n) is 15.6. The molecule has 0 aliphatic carbocycles. The molecule has 1 amide bonds. The molecule has 1 saturated heterocycles. The lowest BCUT2D eigenvalue weighted by Crippen LogP contribution is -2.47. The van der Waals surface area contributed by atoms with Crippen molar-refractivity contribution in [2.45, 2.75) is 32.5 Å². The maximum Gasteiger partial charge on any atom is 0.271 e. The normalized spacial score (nSPS) is 17.6. The quantitative estimate of drug-likeness (QED) is 0.795. The minimum atomic E-state index is -0.288. The number of morpholine rings is 1. The van der Waals surface area contributed by atoms with Crippen LogP contribution < -0.4 is 10.9 Å². The first-order valence-corrected chi connectivity index (χ1v) is 9.40. The molecule has 7 heteroatoms. The zero-order chi connectivity index (χ0) is 19.1. The Morgan fingerprint density at radius 2 is 2.07 bits per heavy atom. The smallest absolute Gasteiger partial charge is 0.271 e. The number of nitrogens with zero attached hydrogens (tertiary/aromatic N) is 3. The van der Waals surface area contributed by atoms with Crippen molar-refractivity contribution in [2.75, 3.05) is 26.2 Å².